The van der Waals surface area contributed by atoms with Gasteiger partial charge in [-0.15, -0.1) is 0 Å². The lowest BCUT2D eigenvalue weighted by Gasteiger charge is -2.16. The Balaban J connectivity index is 1.83. The first-order valence-corrected chi connectivity index (χ1v) is 8.68. The average molecular weight is 366 g/mol. The number of halogens is 1. The highest BCUT2D eigenvalue weighted by Crippen LogP contribution is 2.23. The maximum atomic E-state index is 13.9. The first kappa shape index (κ1) is 19.2. The van der Waals surface area contributed by atoms with Crippen LogP contribution in [0.5, 0.6) is 0 Å². The zero-order chi connectivity index (χ0) is 19.4. The number of carbonyl (C=O) groups excluding carboxylic acids is 1. The van der Waals surface area contributed by atoms with Gasteiger partial charge in [0, 0.05) is 37.1 Å². The number of ketones is 1. The molecule has 0 spiro atoms. The highest BCUT2D eigenvalue weighted by Gasteiger charge is 2.22. The number of fused-ring (bicyclic) bond motifs is 1. The second-order valence-electron chi connectivity index (χ2n) is 6.52. The zero-order valence-corrected chi connectivity index (χ0v) is 14.7. The number of aromatic nitrogens is 1. The van der Waals surface area contributed by atoms with Gasteiger partial charge in [0.2, 0.25) is 0 Å². The summed E-state index contributed by atoms with van der Waals surface area (Å²) in [7, 11) is -1.66. The van der Waals surface area contributed by atoms with E-state index in [2.05, 4.69) is 4.98 Å². The van der Waals surface area contributed by atoms with E-state index in [4.69, 9.17) is 15.8 Å². The van der Waals surface area contributed by atoms with Crippen LogP contribution < -0.4 is 5.73 Å². The van der Waals surface area contributed by atoms with Gasteiger partial charge in [0.05, 0.1) is 5.92 Å². The molecule has 3 rings (SSSR count). The van der Waals surface area contributed by atoms with Crippen LogP contribution in [0.1, 0.15) is 22.6 Å². The molecule has 0 aliphatic carbocycles. The van der Waals surface area contributed by atoms with Crippen molar-refractivity contribution in [2.75, 3.05) is 6.54 Å². The van der Waals surface area contributed by atoms with E-state index in [0.717, 1.165) is 16.3 Å². The molecule has 27 heavy (non-hydrogen) atoms. The Labute approximate surface area is 156 Å². The van der Waals surface area contributed by atoms with Crippen molar-refractivity contribution in [2.24, 2.45) is 5.73 Å². The van der Waals surface area contributed by atoms with E-state index < -0.39 is 18.9 Å². The molecular weight excluding hydrogens is 346 g/mol. The Morgan fingerprint density at radius 3 is 2.70 bits per heavy atom. The van der Waals surface area contributed by atoms with Gasteiger partial charge in [-0.05, 0) is 34.2 Å². The number of rotatable bonds is 7. The summed E-state index contributed by atoms with van der Waals surface area (Å²) in [6.07, 6.45) is 3.42. The largest absolute Gasteiger partial charge is 0.456 e. The number of pyridine rings is 1. The van der Waals surface area contributed by atoms with Gasteiger partial charge in [-0.1, -0.05) is 30.3 Å². The van der Waals surface area contributed by atoms with Crippen molar-refractivity contribution >= 4 is 23.7 Å². The summed E-state index contributed by atoms with van der Waals surface area (Å²) in [5, 5.41) is 20.2. The molecule has 2 aromatic carbocycles. The van der Waals surface area contributed by atoms with Crippen LogP contribution in [0.25, 0.3) is 10.8 Å². The van der Waals surface area contributed by atoms with Crippen LogP contribution in [-0.4, -0.2) is 34.5 Å². The minimum atomic E-state index is -1.66. The Kier molecular flexibility index (Phi) is 5.96. The molecule has 0 fully saturated rings. The number of benzene rings is 2. The van der Waals surface area contributed by atoms with E-state index in [1.807, 2.05) is 24.3 Å². The van der Waals surface area contributed by atoms with Crippen LogP contribution in [0.3, 0.4) is 0 Å². The molecule has 0 radical (unpaired) electrons. The van der Waals surface area contributed by atoms with Crippen molar-refractivity contribution in [1.29, 1.82) is 0 Å². The smallest absolute Gasteiger partial charge is 0.427 e. The fourth-order valence-electron chi connectivity index (χ4n) is 3.19. The van der Waals surface area contributed by atoms with E-state index in [-0.39, 0.29) is 30.6 Å². The van der Waals surface area contributed by atoms with Crippen molar-refractivity contribution in [3.8, 4) is 0 Å². The summed E-state index contributed by atoms with van der Waals surface area (Å²) < 4.78 is 13.9. The Morgan fingerprint density at radius 2 is 1.96 bits per heavy atom. The molecule has 1 atom stereocenters. The van der Waals surface area contributed by atoms with Gasteiger partial charge in [-0.2, -0.15) is 0 Å². The summed E-state index contributed by atoms with van der Waals surface area (Å²) in [5.41, 5.74) is 7.40. The zero-order valence-electron chi connectivity index (χ0n) is 14.7. The van der Waals surface area contributed by atoms with Crippen LogP contribution in [0, 0.1) is 5.82 Å². The maximum Gasteiger partial charge on any atom is 0.456 e. The summed E-state index contributed by atoms with van der Waals surface area (Å²) in [6.45, 7) is 0.0864. The quantitative estimate of drug-likeness (QED) is 0.554. The molecule has 0 aliphatic rings. The van der Waals surface area contributed by atoms with Gasteiger partial charge >= 0.3 is 7.12 Å². The maximum absolute atomic E-state index is 13.9. The molecule has 0 aliphatic heterocycles. The third-order valence-corrected chi connectivity index (χ3v) is 4.58. The molecule has 4 N–H and O–H groups in total. The summed E-state index contributed by atoms with van der Waals surface area (Å²) in [6, 6.07) is 11.9. The van der Waals surface area contributed by atoms with Gasteiger partial charge in [-0.3, -0.25) is 9.78 Å². The van der Waals surface area contributed by atoms with Crippen molar-refractivity contribution < 1.29 is 19.2 Å². The standard InChI is InChI=1S/C20H20BFN2O3/c22-19-4-3-15(9-17(19)10-21(26)27)18(11-23)20(25)8-13-1-2-16-12-24-6-5-14(16)7-13/h1-7,9,12,18,26-27H,8,10-11,23H2. The number of hydrogen-bond acceptors (Lipinski definition) is 5. The minimum Gasteiger partial charge on any atom is -0.427 e. The predicted molar refractivity (Wildman–Crippen MR) is 103 cm³/mol. The monoisotopic (exact) mass is 366 g/mol. The third kappa shape index (κ3) is 4.57. The third-order valence-electron chi connectivity index (χ3n) is 4.58. The summed E-state index contributed by atoms with van der Waals surface area (Å²) >= 11 is 0. The fraction of sp³-hybridized carbons (Fsp3) is 0.200. The number of Topliss-reactive ketones (excluding diaryl/α,β-unsaturated/α-hetero) is 1. The van der Waals surface area contributed by atoms with Crippen molar-refractivity contribution in [3.05, 3.63) is 77.4 Å². The first-order chi connectivity index (χ1) is 13.0. The average Bonchev–Trinajstić information content (AvgIpc) is 2.64. The Bertz CT molecular complexity index is 965. The second kappa shape index (κ2) is 8.39. The van der Waals surface area contributed by atoms with Gasteiger partial charge in [0.1, 0.15) is 11.6 Å². The molecule has 5 nitrogen and oxygen atoms in total. The molecule has 0 bridgehead atoms. The molecule has 138 valence electrons. The van der Waals surface area contributed by atoms with Gasteiger partial charge in [0.15, 0.2) is 0 Å². The topological polar surface area (TPSA) is 96.4 Å². The summed E-state index contributed by atoms with van der Waals surface area (Å²) in [4.78, 5) is 16.9. The van der Waals surface area contributed by atoms with E-state index in [9.17, 15) is 9.18 Å². The highest BCUT2D eigenvalue weighted by molar-refractivity contribution is 6.40. The van der Waals surface area contributed by atoms with E-state index >= 15 is 0 Å². The summed E-state index contributed by atoms with van der Waals surface area (Å²) in [5.74, 6) is -1.21. The number of nitrogens with zero attached hydrogens (tertiary/aromatic N) is 1. The van der Waals surface area contributed by atoms with Gasteiger partial charge < -0.3 is 15.8 Å². The molecule has 1 heterocycles. The first-order valence-electron chi connectivity index (χ1n) is 8.68. The van der Waals surface area contributed by atoms with Gasteiger partial charge in [0.25, 0.3) is 0 Å². The molecule has 1 unspecified atom stereocenters. The Hall–Kier alpha value is -2.61. The minimum absolute atomic E-state index is 0.0759. The Morgan fingerprint density at radius 1 is 1.15 bits per heavy atom. The van der Waals surface area contributed by atoms with E-state index in [0.29, 0.717) is 5.56 Å². The number of carbonyl (C=O) groups is 1. The normalized spacial score (nSPS) is 12.1. The SMILES string of the molecule is NCC(C(=O)Cc1ccc2cnccc2c1)c1ccc(F)c(CB(O)O)c1. The lowest BCUT2D eigenvalue weighted by atomic mass is 9.80. The van der Waals surface area contributed by atoms with Crippen molar-refractivity contribution in [3.63, 3.8) is 0 Å². The number of nitrogens with two attached hydrogens (primary N) is 1. The molecule has 1 aromatic heterocycles. The predicted octanol–water partition coefficient (Wildman–Crippen LogP) is 1.78. The number of hydrogen-bond donors (Lipinski definition) is 3. The molecule has 0 amide bonds. The fourth-order valence-corrected chi connectivity index (χ4v) is 3.19. The lowest BCUT2D eigenvalue weighted by molar-refractivity contribution is -0.119. The molecule has 3 aromatic rings. The van der Waals surface area contributed by atoms with Gasteiger partial charge in [-0.25, -0.2) is 4.39 Å². The van der Waals surface area contributed by atoms with Crippen LogP contribution in [0.2, 0.25) is 0 Å². The second-order valence-corrected chi connectivity index (χ2v) is 6.52. The van der Waals surface area contributed by atoms with Crippen molar-refractivity contribution in [1.82, 2.24) is 4.98 Å². The molecule has 7 heteroatoms. The van der Waals surface area contributed by atoms with E-state index in [1.165, 1.54) is 18.2 Å². The van der Waals surface area contributed by atoms with Crippen LogP contribution in [-0.2, 0) is 17.5 Å². The molecule has 0 saturated heterocycles. The molecular formula is C20H20BFN2O3. The van der Waals surface area contributed by atoms with Crippen LogP contribution >= 0.6 is 0 Å². The highest BCUT2D eigenvalue weighted by atomic mass is 19.1. The van der Waals surface area contributed by atoms with Crippen molar-refractivity contribution in [2.45, 2.75) is 18.7 Å². The van der Waals surface area contributed by atoms with Crippen LogP contribution in [0.15, 0.2) is 54.9 Å². The van der Waals surface area contributed by atoms with Crippen LogP contribution in [0.4, 0.5) is 4.39 Å². The van der Waals surface area contributed by atoms with E-state index in [1.54, 1.807) is 12.4 Å². The molecule has 0 saturated carbocycles. The lowest BCUT2D eigenvalue weighted by Crippen LogP contribution is -2.24.